The molecule has 3 heterocycles. The van der Waals surface area contributed by atoms with E-state index in [1.165, 1.54) is 10.9 Å². The van der Waals surface area contributed by atoms with E-state index >= 15 is 0 Å². The summed E-state index contributed by atoms with van der Waals surface area (Å²) >= 11 is 1.03. The first-order valence-electron chi connectivity index (χ1n) is 7.00. The average molecular weight is 346 g/mol. The zero-order valence-electron chi connectivity index (χ0n) is 13.0. The number of aliphatic carboxylic acids is 1. The van der Waals surface area contributed by atoms with Crippen molar-refractivity contribution in [3.63, 3.8) is 0 Å². The molecule has 9 heteroatoms. The monoisotopic (exact) mass is 346 g/mol. The predicted molar refractivity (Wildman–Crippen MR) is 87.3 cm³/mol. The molecular formula is C15H14N4O4S. The Kier molecular flexibility index (Phi) is 4.52. The predicted octanol–water partition coefficient (Wildman–Crippen LogP) is 2.81. The van der Waals surface area contributed by atoms with E-state index in [0.29, 0.717) is 22.5 Å². The molecule has 24 heavy (non-hydrogen) atoms. The second-order valence-corrected chi connectivity index (χ2v) is 5.83. The Labute approximate surface area is 141 Å². The summed E-state index contributed by atoms with van der Waals surface area (Å²) < 4.78 is 12.2. The summed E-state index contributed by atoms with van der Waals surface area (Å²) in [6.45, 7) is 3.64. The molecule has 0 aliphatic rings. The Bertz CT molecular complexity index is 893. The number of hydrogen-bond acceptors (Lipinski definition) is 7. The van der Waals surface area contributed by atoms with Gasteiger partial charge in [-0.1, -0.05) is 11.8 Å². The molecule has 0 radical (unpaired) electrons. The minimum atomic E-state index is -0.943. The van der Waals surface area contributed by atoms with Crippen molar-refractivity contribution in [2.45, 2.75) is 19.0 Å². The highest BCUT2D eigenvalue weighted by molar-refractivity contribution is 7.99. The van der Waals surface area contributed by atoms with Gasteiger partial charge in [0.05, 0.1) is 23.8 Å². The molecule has 0 atom stereocenters. The van der Waals surface area contributed by atoms with Crippen molar-refractivity contribution in [3.05, 3.63) is 41.7 Å². The van der Waals surface area contributed by atoms with Crippen LogP contribution in [-0.2, 0) is 4.79 Å². The maximum absolute atomic E-state index is 10.8. The number of hydrogen-bond donors (Lipinski definition) is 1. The summed E-state index contributed by atoms with van der Waals surface area (Å²) in [4.78, 5) is 10.8. The number of furan rings is 2. The van der Waals surface area contributed by atoms with Gasteiger partial charge in [-0.15, -0.1) is 10.2 Å². The third-order valence-corrected chi connectivity index (χ3v) is 4.00. The molecule has 3 aromatic rings. The molecule has 124 valence electrons. The minimum Gasteiger partial charge on any atom is -0.481 e. The fourth-order valence-corrected chi connectivity index (χ4v) is 2.62. The Morgan fingerprint density at radius 2 is 2.21 bits per heavy atom. The van der Waals surface area contributed by atoms with Crippen molar-refractivity contribution in [2.75, 3.05) is 5.75 Å². The second kappa shape index (κ2) is 6.75. The third-order valence-electron chi connectivity index (χ3n) is 3.10. The van der Waals surface area contributed by atoms with E-state index in [1.807, 2.05) is 13.0 Å². The molecule has 0 aliphatic carbocycles. The molecule has 0 aromatic carbocycles. The van der Waals surface area contributed by atoms with Gasteiger partial charge in [-0.2, -0.15) is 9.78 Å². The Morgan fingerprint density at radius 1 is 1.38 bits per heavy atom. The van der Waals surface area contributed by atoms with Crippen LogP contribution in [0.3, 0.4) is 0 Å². The number of nitrogens with zero attached hydrogens (tertiary/aromatic N) is 4. The van der Waals surface area contributed by atoms with Crippen LogP contribution in [0.4, 0.5) is 0 Å². The van der Waals surface area contributed by atoms with E-state index in [2.05, 4.69) is 15.3 Å². The van der Waals surface area contributed by atoms with Crippen LogP contribution >= 0.6 is 11.8 Å². The number of carboxylic acids is 1. The number of carboxylic acid groups (broad SMARTS) is 1. The third kappa shape index (κ3) is 3.40. The molecule has 0 aliphatic heterocycles. The summed E-state index contributed by atoms with van der Waals surface area (Å²) in [6.07, 6.45) is 3.08. The molecule has 0 bridgehead atoms. The Morgan fingerprint density at radius 3 is 2.83 bits per heavy atom. The molecule has 0 saturated heterocycles. The van der Waals surface area contributed by atoms with E-state index in [4.69, 9.17) is 13.9 Å². The van der Waals surface area contributed by atoms with Crippen molar-refractivity contribution in [1.29, 1.82) is 0 Å². The fraction of sp³-hybridized carbons (Fsp3) is 0.200. The number of aryl methyl sites for hydroxylation is 2. The summed E-state index contributed by atoms with van der Waals surface area (Å²) in [6, 6.07) is 5.37. The first kappa shape index (κ1) is 16.1. The molecule has 0 fully saturated rings. The zero-order valence-corrected chi connectivity index (χ0v) is 13.8. The van der Waals surface area contributed by atoms with E-state index in [-0.39, 0.29) is 5.75 Å². The summed E-state index contributed by atoms with van der Waals surface area (Å²) in [5.74, 6) is 1.40. The van der Waals surface area contributed by atoms with Crippen LogP contribution in [0.15, 0.2) is 43.6 Å². The quantitative estimate of drug-likeness (QED) is 0.540. The average Bonchev–Trinajstić information content (AvgIpc) is 3.23. The lowest BCUT2D eigenvalue weighted by molar-refractivity contribution is -0.133. The van der Waals surface area contributed by atoms with E-state index < -0.39 is 5.97 Å². The zero-order chi connectivity index (χ0) is 17.1. The van der Waals surface area contributed by atoms with Gasteiger partial charge in [0.25, 0.3) is 0 Å². The van der Waals surface area contributed by atoms with Crippen molar-refractivity contribution in [2.24, 2.45) is 5.10 Å². The molecule has 8 nitrogen and oxygen atoms in total. The molecule has 3 aromatic heterocycles. The summed E-state index contributed by atoms with van der Waals surface area (Å²) in [5.41, 5.74) is 0.734. The molecule has 0 unspecified atom stereocenters. The molecule has 1 N–H and O–H groups in total. The topological polar surface area (TPSA) is 107 Å². The largest absolute Gasteiger partial charge is 0.481 e. The van der Waals surface area contributed by atoms with Crippen molar-refractivity contribution in [1.82, 2.24) is 14.9 Å². The van der Waals surface area contributed by atoms with E-state index in [0.717, 1.165) is 23.1 Å². The van der Waals surface area contributed by atoms with Gasteiger partial charge in [-0.25, -0.2) is 0 Å². The highest BCUT2D eigenvalue weighted by Gasteiger charge is 2.18. The van der Waals surface area contributed by atoms with Crippen molar-refractivity contribution in [3.8, 4) is 11.4 Å². The van der Waals surface area contributed by atoms with Crippen LogP contribution in [0, 0.1) is 13.8 Å². The lowest BCUT2D eigenvalue weighted by Crippen LogP contribution is -2.01. The van der Waals surface area contributed by atoms with Crippen molar-refractivity contribution >= 4 is 23.9 Å². The van der Waals surface area contributed by atoms with E-state index in [9.17, 15) is 4.79 Å². The van der Waals surface area contributed by atoms with Gasteiger partial charge in [-0.3, -0.25) is 4.79 Å². The van der Waals surface area contributed by atoms with Gasteiger partial charge in [0.2, 0.25) is 5.16 Å². The smallest absolute Gasteiger partial charge is 0.313 e. The summed E-state index contributed by atoms with van der Waals surface area (Å²) in [5, 5.41) is 21.7. The molecule has 0 saturated carbocycles. The lowest BCUT2D eigenvalue weighted by Gasteiger charge is -2.02. The first-order chi connectivity index (χ1) is 11.5. The Hall–Kier alpha value is -2.81. The van der Waals surface area contributed by atoms with Crippen LogP contribution in [0.25, 0.3) is 11.4 Å². The number of carbonyl (C=O) groups is 1. The maximum atomic E-state index is 10.8. The fourth-order valence-electron chi connectivity index (χ4n) is 2.01. The highest BCUT2D eigenvalue weighted by atomic mass is 32.2. The van der Waals surface area contributed by atoms with Crippen LogP contribution in [-0.4, -0.2) is 37.9 Å². The normalized spacial score (nSPS) is 11.4. The van der Waals surface area contributed by atoms with Crippen LogP contribution in [0.5, 0.6) is 0 Å². The van der Waals surface area contributed by atoms with Crippen LogP contribution in [0.1, 0.15) is 17.3 Å². The van der Waals surface area contributed by atoms with Gasteiger partial charge >= 0.3 is 5.97 Å². The van der Waals surface area contributed by atoms with Gasteiger partial charge in [0.1, 0.15) is 17.3 Å². The summed E-state index contributed by atoms with van der Waals surface area (Å²) in [7, 11) is 0. The lowest BCUT2D eigenvalue weighted by atomic mass is 10.2. The standard InChI is InChI=1S/C15H14N4O4S/c1-9-3-4-11(23-9)7-16-19-14(12-5-6-22-10(12)2)17-18-15(19)24-8-13(20)21/h3-7H,8H2,1-2H3,(H,20,21)/b16-7-. The van der Waals surface area contributed by atoms with E-state index in [1.54, 1.807) is 25.3 Å². The highest BCUT2D eigenvalue weighted by Crippen LogP contribution is 2.26. The Balaban J connectivity index is 1.99. The van der Waals surface area contributed by atoms with Crippen LogP contribution < -0.4 is 0 Å². The second-order valence-electron chi connectivity index (χ2n) is 4.88. The number of thioether (sulfide) groups is 1. The maximum Gasteiger partial charge on any atom is 0.313 e. The van der Waals surface area contributed by atoms with Gasteiger partial charge < -0.3 is 13.9 Å². The van der Waals surface area contributed by atoms with Crippen molar-refractivity contribution < 1.29 is 18.7 Å². The number of rotatable bonds is 6. The molecule has 0 amide bonds. The van der Waals surface area contributed by atoms with Crippen LogP contribution in [0.2, 0.25) is 0 Å². The minimum absolute atomic E-state index is 0.141. The van der Waals surface area contributed by atoms with Gasteiger partial charge in [0.15, 0.2) is 5.82 Å². The SMILES string of the molecule is Cc1ccc(/C=N\n2c(SCC(=O)O)nnc2-c2ccoc2C)o1. The van der Waals surface area contributed by atoms with Gasteiger partial charge in [0, 0.05) is 0 Å². The van der Waals surface area contributed by atoms with Gasteiger partial charge in [-0.05, 0) is 32.0 Å². The first-order valence-corrected chi connectivity index (χ1v) is 7.98. The molecule has 3 rings (SSSR count). The molecular weight excluding hydrogens is 332 g/mol. The molecule has 0 spiro atoms. The number of aromatic nitrogens is 3.